The van der Waals surface area contributed by atoms with Crippen LogP contribution >= 0.6 is 0 Å². The van der Waals surface area contributed by atoms with Crippen molar-refractivity contribution < 1.29 is 13.9 Å². The van der Waals surface area contributed by atoms with Gasteiger partial charge < -0.3 is 19.4 Å². The second kappa shape index (κ2) is 9.39. The van der Waals surface area contributed by atoms with E-state index in [4.69, 9.17) is 9.15 Å². The minimum absolute atomic E-state index is 0.00612. The number of aromatic nitrogens is 1. The van der Waals surface area contributed by atoms with E-state index in [0.717, 1.165) is 16.9 Å². The van der Waals surface area contributed by atoms with Crippen LogP contribution in [0.3, 0.4) is 0 Å². The lowest BCUT2D eigenvalue weighted by atomic mass is 10.0. The molecule has 1 atom stereocenters. The molecule has 0 saturated heterocycles. The maximum atomic E-state index is 12.6. The Balaban J connectivity index is 1.67. The van der Waals surface area contributed by atoms with Crippen molar-refractivity contribution in [2.75, 3.05) is 27.7 Å². The number of nitrogens with zero attached hydrogens (tertiary/aromatic N) is 2. The van der Waals surface area contributed by atoms with Crippen molar-refractivity contribution >= 4 is 5.91 Å². The van der Waals surface area contributed by atoms with Crippen LogP contribution in [0.2, 0.25) is 0 Å². The third-order valence-corrected chi connectivity index (χ3v) is 4.86. The van der Waals surface area contributed by atoms with Gasteiger partial charge in [0.05, 0.1) is 25.3 Å². The van der Waals surface area contributed by atoms with E-state index in [1.54, 1.807) is 7.11 Å². The monoisotopic (exact) mass is 393 g/mol. The summed E-state index contributed by atoms with van der Waals surface area (Å²) >= 11 is 0. The highest BCUT2D eigenvalue weighted by molar-refractivity contribution is 5.78. The number of nitrogens with one attached hydrogen (secondary N) is 1. The molecule has 152 valence electrons. The van der Waals surface area contributed by atoms with Crippen LogP contribution in [0.15, 0.2) is 59.0 Å². The molecule has 2 aromatic carbocycles. The number of amides is 1. The van der Waals surface area contributed by atoms with Gasteiger partial charge in [-0.1, -0.05) is 36.4 Å². The molecular weight excluding hydrogens is 366 g/mol. The first-order valence-corrected chi connectivity index (χ1v) is 9.57. The Kier molecular flexibility index (Phi) is 6.67. The quantitative estimate of drug-likeness (QED) is 0.633. The molecule has 1 N–H and O–H groups in total. The number of carbonyl (C=O) groups is 1. The van der Waals surface area contributed by atoms with Gasteiger partial charge in [-0.25, -0.2) is 4.98 Å². The lowest BCUT2D eigenvalue weighted by Gasteiger charge is -2.26. The zero-order valence-corrected chi connectivity index (χ0v) is 17.3. The van der Waals surface area contributed by atoms with Crippen molar-refractivity contribution in [1.29, 1.82) is 0 Å². The zero-order chi connectivity index (χ0) is 20.8. The van der Waals surface area contributed by atoms with Crippen molar-refractivity contribution in [3.8, 4) is 17.2 Å². The molecule has 1 amide bonds. The van der Waals surface area contributed by atoms with Crippen LogP contribution in [0.25, 0.3) is 11.5 Å². The number of methoxy groups -OCH3 is 1. The van der Waals surface area contributed by atoms with Gasteiger partial charge in [-0.2, -0.15) is 0 Å². The highest BCUT2D eigenvalue weighted by atomic mass is 16.5. The third kappa shape index (κ3) is 5.03. The summed E-state index contributed by atoms with van der Waals surface area (Å²) in [5.74, 6) is 1.90. The van der Waals surface area contributed by atoms with Crippen molar-refractivity contribution in [3.63, 3.8) is 0 Å². The molecule has 3 rings (SSSR count). The molecule has 0 fully saturated rings. The molecule has 0 aliphatic heterocycles. The molecule has 1 aromatic heterocycles. The van der Waals surface area contributed by atoms with Gasteiger partial charge in [0.2, 0.25) is 11.8 Å². The van der Waals surface area contributed by atoms with Crippen LogP contribution in [0.4, 0.5) is 0 Å². The van der Waals surface area contributed by atoms with Crippen molar-refractivity contribution in [1.82, 2.24) is 15.2 Å². The maximum absolute atomic E-state index is 12.6. The van der Waals surface area contributed by atoms with Gasteiger partial charge in [-0.15, -0.1) is 0 Å². The predicted molar refractivity (Wildman–Crippen MR) is 113 cm³/mol. The van der Waals surface area contributed by atoms with Gasteiger partial charge in [0, 0.05) is 17.7 Å². The fraction of sp³-hybridized carbons (Fsp3) is 0.304. The average Bonchev–Trinajstić information content (AvgIpc) is 3.09. The minimum Gasteiger partial charge on any atom is -0.496 e. The molecule has 3 aromatic rings. The first-order valence-electron chi connectivity index (χ1n) is 9.57. The summed E-state index contributed by atoms with van der Waals surface area (Å²) in [5, 5.41) is 3.02. The van der Waals surface area contributed by atoms with Crippen molar-refractivity contribution in [2.24, 2.45) is 0 Å². The number of likely N-dealkylation sites (N-methyl/N-ethyl adjacent to an activating group) is 1. The van der Waals surface area contributed by atoms with Crippen LogP contribution in [0.5, 0.6) is 5.75 Å². The first-order chi connectivity index (χ1) is 14.0. The minimum atomic E-state index is -0.0947. The van der Waals surface area contributed by atoms with Gasteiger partial charge in [0.25, 0.3) is 0 Å². The molecule has 0 radical (unpaired) electrons. The molecular formula is C23H27N3O3. The highest BCUT2D eigenvalue weighted by Gasteiger charge is 2.20. The summed E-state index contributed by atoms with van der Waals surface area (Å²) in [6.45, 7) is 2.30. The van der Waals surface area contributed by atoms with E-state index in [1.165, 1.54) is 0 Å². The Morgan fingerprint density at radius 1 is 1.14 bits per heavy atom. The molecule has 6 nitrogen and oxygen atoms in total. The molecule has 1 unspecified atom stereocenters. The van der Waals surface area contributed by atoms with Crippen molar-refractivity contribution in [2.45, 2.75) is 19.4 Å². The van der Waals surface area contributed by atoms with E-state index in [-0.39, 0.29) is 18.4 Å². The fourth-order valence-electron chi connectivity index (χ4n) is 3.23. The second-order valence-electron chi connectivity index (χ2n) is 7.09. The van der Waals surface area contributed by atoms with Crippen LogP contribution in [0, 0.1) is 6.92 Å². The fourth-order valence-corrected chi connectivity index (χ4v) is 3.23. The summed E-state index contributed by atoms with van der Waals surface area (Å²) < 4.78 is 11.2. The molecule has 0 spiro atoms. The predicted octanol–water partition coefficient (Wildman–Crippen LogP) is 3.62. The lowest BCUT2D eigenvalue weighted by molar-refractivity contribution is -0.120. The first kappa shape index (κ1) is 20.6. The highest BCUT2D eigenvalue weighted by Crippen LogP contribution is 2.27. The maximum Gasteiger partial charge on any atom is 0.226 e. The number of aryl methyl sites for hydroxylation is 1. The summed E-state index contributed by atoms with van der Waals surface area (Å²) in [5.41, 5.74) is 2.58. The van der Waals surface area contributed by atoms with Gasteiger partial charge in [-0.05, 0) is 39.2 Å². The van der Waals surface area contributed by atoms with E-state index in [2.05, 4.69) is 15.2 Å². The van der Waals surface area contributed by atoms with E-state index < -0.39 is 0 Å². The number of hydrogen-bond acceptors (Lipinski definition) is 5. The number of ether oxygens (including phenoxy) is 1. The normalized spacial score (nSPS) is 12.0. The van der Waals surface area contributed by atoms with Crippen LogP contribution in [0.1, 0.15) is 23.1 Å². The standard InChI is InChI=1S/C23H27N3O3/c1-16-19(25-23(29-16)17-10-6-5-7-11-17)14-22(27)24-15-20(26(2)3)18-12-8-9-13-21(18)28-4/h5-13,20H,14-15H2,1-4H3,(H,24,27). The third-order valence-electron chi connectivity index (χ3n) is 4.86. The molecule has 29 heavy (non-hydrogen) atoms. The second-order valence-corrected chi connectivity index (χ2v) is 7.09. The van der Waals surface area contributed by atoms with E-state index >= 15 is 0 Å². The van der Waals surface area contributed by atoms with E-state index in [9.17, 15) is 4.79 Å². The number of hydrogen-bond donors (Lipinski definition) is 1. The smallest absolute Gasteiger partial charge is 0.226 e. The molecule has 0 bridgehead atoms. The largest absolute Gasteiger partial charge is 0.496 e. The van der Waals surface area contributed by atoms with Gasteiger partial charge in [-0.3, -0.25) is 4.79 Å². The number of benzene rings is 2. The van der Waals surface area contributed by atoms with E-state index in [0.29, 0.717) is 23.9 Å². The zero-order valence-electron chi connectivity index (χ0n) is 17.3. The summed E-state index contributed by atoms with van der Waals surface area (Å²) in [6, 6.07) is 17.5. The number of carbonyl (C=O) groups excluding carboxylic acids is 1. The molecule has 0 aliphatic carbocycles. The Morgan fingerprint density at radius 3 is 2.52 bits per heavy atom. The average molecular weight is 393 g/mol. The molecule has 0 saturated carbocycles. The topological polar surface area (TPSA) is 67.6 Å². The van der Waals surface area contributed by atoms with Crippen molar-refractivity contribution in [3.05, 3.63) is 71.6 Å². The Labute approximate surface area is 171 Å². The van der Waals surface area contributed by atoms with Gasteiger partial charge in [0.1, 0.15) is 11.5 Å². The molecule has 6 heteroatoms. The van der Waals surface area contributed by atoms with E-state index in [1.807, 2.05) is 75.6 Å². The summed E-state index contributed by atoms with van der Waals surface area (Å²) in [7, 11) is 5.62. The number of oxazole rings is 1. The molecule has 0 aliphatic rings. The van der Waals surface area contributed by atoms with Gasteiger partial charge in [0.15, 0.2) is 0 Å². The lowest BCUT2D eigenvalue weighted by Crippen LogP contribution is -2.35. The van der Waals surface area contributed by atoms with Crippen LogP contribution in [-0.2, 0) is 11.2 Å². The van der Waals surface area contributed by atoms with Crippen LogP contribution in [-0.4, -0.2) is 43.5 Å². The Hall–Kier alpha value is -3.12. The summed E-state index contributed by atoms with van der Waals surface area (Å²) in [6.07, 6.45) is 0.175. The van der Waals surface area contributed by atoms with Gasteiger partial charge >= 0.3 is 0 Å². The Bertz CT molecular complexity index is 951. The SMILES string of the molecule is COc1ccccc1C(CNC(=O)Cc1nc(-c2ccccc2)oc1C)N(C)C. The number of rotatable bonds is 8. The van der Waals surface area contributed by atoms with Crippen LogP contribution < -0.4 is 10.1 Å². The Morgan fingerprint density at radius 2 is 1.83 bits per heavy atom. The number of para-hydroxylation sites is 1. The summed E-state index contributed by atoms with van der Waals surface area (Å²) in [4.78, 5) is 19.2. The molecule has 1 heterocycles.